The van der Waals surface area contributed by atoms with Gasteiger partial charge in [0.2, 0.25) is 5.91 Å². The minimum absolute atomic E-state index is 0.00312. The smallest absolute Gasteiger partial charge is 0.318 e. The zero-order chi connectivity index (χ0) is 13.9. The average molecular weight is 257 g/mol. The highest BCUT2D eigenvalue weighted by Crippen LogP contribution is 2.18. The summed E-state index contributed by atoms with van der Waals surface area (Å²) in [7, 11) is 0. The minimum Gasteiger partial charge on any atom is -0.481 e. The van der Waals surface area contributed by atoms with Crippen LogP contribution in [0.2, 0.25) is 0 Å². The third kappa shape index (κ3) is 3.12. The van der Waals surface area contributed by atoms with Crippen molar-refractivity contribution in [3.05, 3.63) is 0 Å². The second-order valence-corrected chi connectivity index (χ2v) is 5.10. The molecule has 0 spiro atoms. The van der Waals surface area contributed by atoms with Gasteiger partial charge >= 0.3 is 12.0 Å². The largest absolute Gasteiger partial charge is 0.481 e. The molecule has 0 aromatic rings. The molecule has 3 amide bonds. The number of nitrogens with one attached hydrogen (secondary N) is 1. The van der Waals surface area contributed by atoms with Crippen LogP contribution in [0.4, 0.5) is 4.79 Å². The van der Waals surface area contributed by atoms with E-state index < -0.39 is 29.4 Å². The zero-order valence-electron chi connectivity index (χ0n) is 10.6. The molecule has 0 aromatic heterocycles. The Labute approximate surface area is 105 Å². The molecule has 18 heavy (non-hydrogen) atoms. The normalized spacial score (nSPS) is 19.7. The van der Waals surface area contributed by atoms with Crippen LogP contribution in [0.5, 0.6) is 0 Å². The summed E-state index contributed by atoms with van der Waals surface area (Å²) in [5.41, 5.74) is 4.16. The molecule has 0 saturated carbocycles. The summed E-state index contributed by atoms with van der Waals surface area (Å²) in [5, 5.41) is 11.5. The number of hydrogen-bond donors (Lipinski definition) is 3. The predicted molar refractivity (Wildman–Crippen MR) is 63.7 cm³/mol. The van der Waals surface area contributed by atoms with Crippen molar-refractivity contribution in [1.29, 1.82) is 0 Å². The highest BCUT2D eigenvalue weighted by molar-refractivity contribution is 5.86. The van der Waals surface area contributed by atoms with E-state index in [1.165, 1.54) is 18.7 Å². The Bertz CT molecular complexity index is 367. The van der Waals surface area contributed by atoms with Crippen LogP contribution in [0.1, 0.15) is 26.7 Å². The molecular formula is C11H19N3O4. The number of nitrogens with zero attached hydrogens (tertiary/aromatic N) is 1. The number of primary amides is 1. The first-order valence-electron chi connectivity index (χ1n) is 5.83. The Hall–Kier alpha value is -1.79. The van der Waals surface area contributed by atoms with Gasteiger partial charge in [-0.3, -0.25) is 9.59 Å². The van der Waals surface area contributed by atoms with Gasteiger partial charge in [0.1, 0.15) is 6.04 Å². The summed E-state index contributed by atoms with van der Waals surface area (Å²) < 4.78 is 0. The Morgan fingerprint density at radius 2 is 2.06 bits per heavy atom. The van der Waals surface area contributed by atoms with Crippen LogP contribution >= 0.6 is 0 Å². The molecule has 4 N–H and O–H groups in total. The molecule has 0 aromatic carbocycles. The van der Waals surface area contributed by atoms with Crippen molar-refractivity contribution in [1.82, 2.24) is 10.2 Å². The predicted octanol–water partition coefficient (Wildman–Crippen LogP) is -0.243. The molecule has 1 rings (SSSR count). The third-order valence-electron chi connectivity index (χ3n) is 3.10. The Kier molecular flexibility index (Phi) is 4.15. The van der Waals surface area contributed by atoms with Gasteiger partial charge in [-0.1, -0.05) is 0 Å². The molecule has 0 radical (unpaired) electrons. The van der Waals surface area contributed by atoms with Gasteiger partial charge in [0, 0.05) is 13.1 Å². The van der Waals surface area contributed by atoms with Crippen molar-refractivity contribution in [2.75, 3.05) is 13.1 Å². The zero-order valence-corrected chi connectivity index (χ0v) is 10.6. The van der Waals surface area contributed by atoms with E-state index in [1.807, 2.05) is 0 Å². The fourth-order valence-electron chi connectivity index (χ4n) is 1.78. The van der Waals surface area contributed by atoms with Crippen LogP contribution < -0.4 is 11.1 Å². The molecular weight excluding hydrogens is 238 g/mol. The number of rotatable bonds is 4. The maximum atomic E-state index is 11.8. The van der Waals surface area contributed by atoms with E-state index in [9.17, 15) is 14.4 Å². The van der Waals surface area contributed by atoms with Crippen molar-refractivity contribution in [3.63, 3.8) is 0 Å². The van der Waals surface area contributed by atoms with E-state index in [4.69, 9.17) is 10.8 Å². The first-order chi connectivity index (χ1) is 8.25. The maximum Gasteiger partial charge on any atom is 0.318 e. The molecule has 1 heterocycles. The highest BCUT2D eigenvalue weighted by Gasteiger charge is 2.34. The van der Waals surface area contributed by atoms with Crippen molar-refractivity contribution < 1.29 is 19.5 Å². The summed E-state index contributed by atoms with van der Waals surface area (Å²) in [6, 6.07) is -1.02. The van der Waals surface area contributed by atoms with E-state index in [-0.39, 0.29) is 6.54 Å². The lowest BCUT2D eigenvalue weighted by molar-refractivity contribution is -0.146. The van der Waals surface area contributed by atoms with Crippen LogP contribution in [0.3, 0.4) is 0 Å². The monoisotopic (exact) mass is 257 g/mol. The molecule has 7 heteroatoms. The number of carbonyl (C=O) groups excluding carboxylic acids is 2. The molecule has 1 unspecified atom stereocenters. The summed E-state index contributed by atoms with van der Waals surface area (Å²) in [5.74, 6) is -1.52. The molecule has 0 aliphatic carbocycles. The SMILES string of the molecule is CC(C)(CNC(=O)N1CCCC1C(N)=O)C(=O)O. The summed E-state index contributed by atoms with van der Waals surface area (Å²) >= 11 is 0. The van der Waals surface area contributed by atoms with Crippen LogP contribution in [-0.4, -0.2) is 47.0 Å². The van der Waals surface area contributed by atoms with Gasteiger partial charge in [-0.05, 0) is 26.7 Å². The van der Waals surface area contributed by atoms with E-state index in [1.54, 1.807) is 0 Å². The molecule has 1 saturated heterocycles. The van der Waals surface area contributed by atoms with Gasteiger partial charge in [0.25, 0.3) is 0 Å². The van der Waals surface area contributed by atoms with Crippen LogP contribution in [-0.2, 0) is 9.59 Å². The summed E-state index contributed by atoms with van der Waals surface area (Å²) in [6.07, 6.45) is 1.29. The fraction of sp³-hybridized carbons (Fsp3) is 0.727. The fourth-order valence-corrected chi connectivity index (χ4v) is 1.78. The molecule has 1 fully saturated rings. The Morgan fingerprint density at radius 3 is 2.56 bits per heavy atom. The molecule has 7 nitrogen and oxygen atoms in total. The molecule has 1 atom stereocenters. The first-order valence-corrected chi connectivity index (χ1v) is 5.83. The van der Waals surface area contributed by atoms with Gasteiger partial charge in [-0.25, -0.2) is 4.79 Å². The van der Waals surface area contributed by atoms with Crippen molar-refractivity contribution >= 4 is 17.9 Å². The standard InChI is InChI=1S/C11H19N3O4/c1-11(2,9(16)17)6-13-10(18)14-5-3-4-7(14)8(12)15/h7H,3-6H2,1-2H3,(H2,12,15)(H,13,18)(H,16,17). The van der Waals surface area contributed by atoms with Crippen molar-refractivity contribution in [2.45, 2.75) is 32.7 Å². The lowest BCUT2D eigenvalue weighted by Gasteiger charge is -2.25. The molecule has 0 bridgehead atoms. The number of carboxylic acid groups (broad SMARTS) is 1. The van der Waals surface area contributed by atoms with Gasteiger partial charge in [0.15, 0.2) is 0 Å². The number of urea groups is 1. The van der Waals surface area contributed by atoms with Gasteiger partial charge in [-0.2, -0.15) is 0 Å². The van der Waals surface area contributed by atoms with E-state index in [0.29, 0.717) is 13.0 Å². The van der Waals surface area contributed by atoms with Crippen LogP contribution in [0.25, 0.3) is 0 Å². The second kappa shape index (κ2) is 5.24. The number of hydrogen-bond acceptors (Lipinski definition) is 3. The van der Waals surface area contributed by atoms with Crippen molar-refractivity contribution in [3.8, 4) is 0 Å². The lowest BCUT2D eigenvalue weighted by atomic mass is 9.94. The number of carboxylic acids is 1. The second-order valence-electron chi connectivity index (χ2n) is 5.10. The first kappa shape index (κ1) is 14.3. The van der Waals surface area contributed by atoms with Crippen LogP contribution in [0, 0.1) is 5.41 Å². The van der Waals surface area contributed by atoms with E-state index >= 15 is 0 Å². The Balaban J connectivity index is 2.56. The van der Waals surface area contributed by atoms with E-state index in [2.05, 4.69) is 5.32 Å². The maximum absolute atomic E-state index is 11.8. The van der Waals surface area contributed by atoms with E-state index in [0.717, 1.165) is 6.42 Å². The number of carbonyl (C=O) groups is 3. The topological polar surface area (TPSA) is 113 Å². The number of nitrogens with two attached hydrogens (primary N) is 1. The van der Waals surface area contributed by atoms with Gasteiger partial charge in [0.05, 0.1) is 5.41 Å². The molecule has 102 valence electrons. The van der Waals surface area contributed by atoms with Crippen LogP contribution in [0.15, 0.2) is 0 Å². The minimum atomic E-state index is -1.04. The number of likely N-dealkylation sites (tertiary alicyclic amines) is 1. The highest BCUT2D eigenvalue weighted by atomic mass is 16.4. The molecule has 1 aliphatic heterocycles. The number of amides is 3. The third-order valence-corrected chi connectivity index (χ3v) is 3.10. The summed E-state index contributed by atoms with van der Waals surface area (Å²) in [4.78, 5) is 35.2. The summed E-state index contributed by atoms with van der Waals surface area (Å²) in [6.45, 7) is 3.51. The van der Waals surface area contributed by atoms with Gasteiger partial charge < -0.3 is 21.1 Å². The quantitative estimate of drug-likeness (QED) is 0.644. The van der Waals surface area contributed by atoms with Gasteiger partial charge in [-0.15, -0.1) is 0 Å². The molecule has 1 aliphatic rings. The number of aliphatic carboxylic acids is 1. The Morgan fingerprint density at radius 1 is 1.44 bits per heavy atom. The lowest BCUT2D eigenvalue weighted by Crippen LogP contribution is -2.50. The van der Waals surface area contributed by atoms with Crippen molar-refractivity contribution in [2.24, 2.45) is 11.1 Å². The average Bonchev–Trinajstić information content (AvgIpc) is 2.74.